The zero-order valence-corrected chi connectivity index (χ0v) is 12.8. The van der Waals surface area contributed by atoms with Gasteiger partial charge in [-0.3, -0.25) is 9.69 Å². The third-order valence-corrected chi connectivity index (χ3v) is 3.65. The number of ether oxygens (including phenoxy) is 1. The molecule has 0 bridgehead atoms. The van der Waals surface area contributed by atoms with Gasteiger partial charge in [0, 0.05) is 25.2 Å². The Kier molecular flexibility index (Phi) is 3.26. The van der Waals surface area contributed by atoms with Crippen molar-refractivity contribution in [2.24, 2.45) is 5.92 Å². The van der Waals surface area contributed by atoms with Crippen LogP contribution in [0.5, 0.6) is 0 Å². The Morgan fingerprint density at radius 1 is 1.29 bits per heavy atom. The molecule has 0 aromatic carbocycles. The molecule has 1 saturated carbocycles. The normalized spacial score (nSPS) is 18.3. The highest BCUT2D eigenvalue weighted by molar-refractivity contribution is 5.97. The molecule has 1 aliphatic carbocycles. The van der Waals surface area contributed by atoms with Gasteiger partial charge in [-0.2, -0.15) is 0 Å². The van der Waals surface area contributed by atoms with E-state index in [9.17, 15) is 9.59 Å². The molecule has 114 valence electrons. The third-order valence-electron chi connectivity index (χ3n) is 3.65. The lowest BCUT2D eigenvalue weighted by Crippen LogP contribution is -2.41. The summed E-state index contributed by atoms with van der Waals surface area (Å²) < 4.78 is 7.35. The Balaban J connectivity index is 1.70. The number of fused-ring (bicyclic) bond motifs is 1. The summed E-state index contributed by atoms with van der Waals surface area (Å²) in [7, 11) is 0. The molecule has 1 aromatic rings. The summed E-state index contributed by atoms with van der Waals surface area (Å²) in [5, 5.41) is 0. The molecular weight excluding hydrogens is 270 g/mol. The van der Waals surface area contributed by atoms with E-state index in [2.05, 4.69) is 4.98 Å². The zero-order chi connectivity index (χ0) is 15.2. The van der Waals surface area contributed by atoms with Gasteiger partial charge in [0.25, 0.3) is 0 Å². The highest BCUT2D eigenvalue weighted by Crippen LogP contribution is 2.32. The molecule has 6 nitrogen and oxygen atoms in total. The fourth-order valence-electron chi connectivity index (χ4n) is 2.41. The highest BCUT2D eigenvalue weighted by atomic mass is 16.6. The SMILES string of the molecule is CC(C)(C)OC(=O)N1CCn2cc(C(=O)C3CC3)nc2C1. The second-order valence-electron chi connectivity index (χ2n) is 6.78. The largest absolute Gasteiger partial charge is 0.444 e. The first kappa shape index (κ1) is 14.1. The fraction of sp³-hybridized carbons (Fsp3) is 0.667. The van der Waals surface area contributed by atoms with E-state index in [1.807, 2.05) is 31.5 Å². The lowest BCUT2D eigenvalue weighted by molar-refractivity contribution is 0.0195. The molecule has 1 aromatic heterocycles. The van der Waals surface area contributed by atoms with Crippen LogP contribution in [0.4, 0.5) is 4.79 Å². The van der Waals surface area contributed by atoms with E-state index in [0.717, 1.165) is 18.7 Å². The van der Waals surface area contributed by atoms with Crippen molar-refractivity contribution in [3.63, 3.8) is 0 Å². The molecule has 0 saturated heterocycles. The molecule has 2 aliphatic rings. The number of hydrogen-bond donors (Lipinski definition) is 0. The molecule has 1 amide bonds. The van der Waals surface area contributed by atoms with E-state index in [4.69, 9.17) is 4.74 Å². The number of hydrogen-bond acceptors (Lipinski definition) is 4. The molecule has 0 radical (unpaired) electrons. The molecule has 6 heteroatoms. The van der Waals surface area contributed by atoms with E-state index < -0.39 is 5.60 Å². The van der Waals surface area contributed by atoms with Crippen LogP contribution in [0.1, 0.15) is 49.9 Å². The number of carbonyl (C=O) groups excluding carboxylic acids is 2. The number of ketones is 1. The van der Waals surface area contributed by atoms with Crippen molar-refractivity contribution in [1.82, 2.24) is 14.5 Å². The molecule has 2 heterocycles. The van der Waals surface area contributed by atoms with Crippen LogP contribution in [0.25, 0.3) is 0 Å². The van der Waals surface area contributed by atoms with Gasteiger partial charge in [0.1, 0.15) is 17.1 Å². The van der Waals surface area contributed by atoms with Gasteiger partial charge in [-0.15, -0.1) is 0 Å². The number of amides is 1. The quantitative estimate of drug-likeness (QED) is 0.784. The van der Waals surface area contributed by atoms with E-state index >= 15 is 0 Å². The first-order valence-electron chi connectivity index (χ1n) is 7.42. The molecule has 0 atom stereocenters. The Morgan fingerprint density at radius 3 is 2.62 bits per heavy atom. The maximum absolute atomic E-state index is 12.1. The van der Waals surface area contributed by atoms with Gasteiger partial charge in [-0.05, 0) is 33.6 Å². The van der Waals surface area contributed by atoms with Crippen LogP contribution in [-0.2, 0) is 17.8 Å². The van der Waals surface area contributed by atoms with Crippen LogP contribution < -0.4 is 0 Å². The van der Waals surface area contributed by atoms with Gasteiger partial charge in [0.05, 0.1) is 6.54 Å². The Bertz CT molecular complexity index is 581. The number of nitrogens with zero attached hydrogens (tertiary/aromatic N) is 3. The van der Waals surface area contributed by atoms with Crippen molar-refractivity contribution in [1.29, 1.82) is 0 Å². The average molecular weight is 291 g/mol. The number of carbonyl (C=O) groups is 2. The molecule has 1 aliphatic heterocycles. The summed E-state index contributed by atoms with van der Waals surface area (Å²) in [4.78, 5) is 30.2. The monoisotopic (exact) mass is 291 g/mol. The summed E-state index contributed by atoms with van der Waals surface area (Å²) in [5.74, 6) is 1.07. The van der Waals surface area contributed by atoms with Crippen LogP contribution in [0.3, 0.4) is 0 Å². The van der Waals surface area contributed by atoms with E-state index in [-0.39, 0.29) is 17.8 Å². The van der Waals surface area contributed by atoms with Crippen molar-refractivity contribution in [3.8, 4) is 0 Å². The van der Waals surface area contributed by atoms with Crippen molar-refractivity contribution in [2.75, 3.05) is 6.54 Å². The smallest absolute Gasteiger partial charge is 0.410 e. The van der Waals surface area contributed by atoms with Crippen LogP contribution in [0.15, 0.2) is 6.20 Å². The Labute approximate surface area is 124 Å². The molecule has 0 unspecified atom stereocenters. The lowest BCUT2D eigenvalue weighted by atomic mass is 10.2. The van der Waals surface area contributed by atoms with Crippen LogP contribution >= 0.6 is 0 Å². The summed E-state index contributed by atoms with van der Waals surface area (Å²) in [6.45, 7) is 7.17. The maximum atomic E-state index is 12.1. The zero-order valence-electron chi connectivity index (χ0n) is 12.8. The van der Waals surface area contributed by atoms with Crippen LogP contribution in [-0.4, -0.2) is 38.5 Å². The number of Topliss-reactive ketones (excluding diaryl/α,β-unsaturated/α-hetero) is 1. The molecule has 1 fully saturated rings. The first-order valence-corrected chi connectivity index (χ1v) is 7.42. The molecule has 3 rings (SSSR count). The summed E-state index contributed by atoms with van der Waals surface area (Å²) in [5.41, 5.74) is 0.0374. The minimum absolute atomic E-state index is 0.140. The topological polar surface area (TPSA) is 64.4 Å². The van der Waals surface area contributed by atoms with E-state index in [1.54, 1.807) is 4.90 Å². The van der Waals surface area contributed by atoms with Gasteiger partial charge in [-0.1, -0.05) is 0 Å². The van der Waals surface area contributed by atoms with Crippen molar-refractivity contribution in [3.05, 3.63) is 17.7 Å². The highest BCUT2D eigenvalue weighted by Gasteiger charge is 2.33. The molecular formula is C15H21N3O3. The minimum atomic E-state index is -0.503. The van der Waals surface area contributed by atoms with Gasteiger partial charge < -0.3 is 9.30 Å². The van der Waals surface area contributed by atoms with Crippen molar-refractivity contribution < 1.29 is 14.3 Å². The van der Waals surface area contributed by atoms with Gasteiger partial charge in [0.2, 0.25) is 0 Å². The molecule has 0 N–H and O–H groups in total. The number of imidazole rings is 1. The molecule has 21 heavy (non-hydrogen) atoms. The van der Waals surface area contributed by atoms with Crippen LogP contribution in [0, 0.1) is 5.92 Å². The summed E-state index contributed by atoms with van der Waals surface area (Å²) >= 11 is 0. The lowest BCUT2D eigenvalue weighted by Gasteiger charge is -2.30. The Morgan fingerprint density at radius 2 is 2.00 bits per heavy atom. The predicted octanol–water partition coefficient (Wildman–Crippen LogP) is 2.23. The maximum Gasteiger partial charge on any atom is 0.410 e. The second-order valence-corrected chi connectivity index (χ2v) is 6.78. The average Bonchev–Trinajstić information content (AvgIpc) is 3.14. The molecule has 0 spiro atoms. The summed E-state index contributed by atoms with van der Waals surface area (Å²) in [6, 6.07) is 0. The fourth-order valence-corrected chi connectivity index (χ4v) is 2.41. The van der Waals surface area contributed by atoms with E-state index in [1.165, 1.54) is 0 Å². The standard InChI is InChI=1S/C15H21N3O3/c1-15(2,3)21-14(20)18-7-6-17-8-11(16-12(17)9-18)13(19)10-4-5-10/h8,10H,4-7,9H2,1-3H3. The third kappa shape index (κ3) is 3.09. The van der Waals surface area contributed by atoms with Gasteiger partial charge in [-0.25, -0.2) is 9.78 Å². The second kappa shape index (κ2) is 4.86. The summed E-state index contributed by atoms with van der Waals surface area (Å²) in [6.07, 6.45) is 3.45. The minimum Gasteiger partial charge on any atom is -0.444 e. The van der Waals surface area contributed by atoms with Crippen molar-refractivity contribution in [2.45, 2.75) is 52.3 Å². The Hall–Kier alpha value is -1.85. The van der Waals surface area contributed by atoms with Gasteiger partial charge in [0.15, 0.2) is 5.78 Å². The van der Waals surface area contributed by atoms with Crippen LogP contribution in [0.2, 0.25) is 0 Å². The van der Waals surface area contributed by atoms with Gasteiger partial charge >= 0.3 is 6.09 Å². The number of aromatic nitrogens is 2. The predicted molar refractivity (Wildman–Crippen MR) is 75.9 cm³/mol. The number of rotatable bonds is 2. The first-order chi connectivity index (χ1) is 9.83. The van der Waals surface area contributed by atoms with Crippen molar-refractivity contribution >= 4 is 11.9 Å². The van der Waals surface area contributed by atoms with E-state index in [0.29, 0.717) is 25.3 Å².